The largest absolute Gasteiger partial charge is 0.287 e. The van der Waals surface area contributed by atoms with Gasteiger partial charge in [-0.05, 0) is 25.5 Å². The van der Waals surface area contributed by atoms with E-state index in [1.165, 1.54) is 0 Å². The second-order valence-electron chi connectivity index (χ2n) is 3.15. The molecular weight excluding hydrogens is 176 g/mol. The first-order valence-corrected chi connectivity index (χ1v) is 4.64. The van der Waals surface area contributed by atoms with E-state index in [-0.39, 0.29) is 11.9 Å². The second kappa shape index (κ2) is 5.40. The number of amides is 1. The molecule has 14 heavy (non-hydrogen) atoms. The molecule has 3 nitrogen and oxygen atoms in total. The Bertz CT molecular complexity index is 285. The summed E-state index contributed by atoms with van der Waals surface area (Å²) < 4.78 is 0. The fraction of sp³-hybridized carbons (Fsp3) is 0.273. The van der Waals surface area contributed by atoms with Crippen molar-refractivity contribution >= 4 is 5.91 Å². The fourth-order valence-electron chi connectivity index (χ4n) is 0.923. The lowest BCUT2D eigenvalue weighted by Crippen LogP contribution is -2.42. The van der Waals surface area contributed by atoms with Gasteiger partial charge < -0.3 is 0 Å². The van der Waals surface area contributed by atoms with Crippen LogP contribution in [0, 0.1) is 6.92 Å². The smallest absolute Gasteiger partial charge is 0.265 e. The van der Waals surface area contributed by atoms with Crippen LogP contribution in [0.2, 0.25) is 0 Å². The van der Waals surface area contributed by atoms with Crippen molar-refractivity contribution in [2.24, 2.45) is 0 Å². The van der Waals surface area contributed by atoms with Crippen molar-refractivity contribution in [3.05, 3.63) is 42.8 Å². The summed E-state index contributed by atoms with van der Waals surface area (Å²) in [6, 6.07) is 9.27. The predicted octanol–water partition coefficient (Wildman–Crippen LogP) is 1.53. The van der Waals surface area contributed by atoms with Crippen LogP contribution in [-0.2, 0) is 0 Å². The van der Waals surface area contributed by atoms with Crippen LogP contribution in [0.5, 0.6) is 0 Å². The maximum atomic E-state index is 11.5. The Labute approximate surface area is 84.5 Å². The van der Waals surface area contributed by atoms with Crippen LogP contribution >= 0.6 is 0 Å². The summed E-state index contributed by atoms with van der Waals surface area (Å²) in [4.78, 5) is 11.5. The summed E-state index contributed by atoms with van der Waals surface area (Å²) in [6.45, 7) is 5.68. The molecule has 0 unspecified atom stereocenters. The van der Waals surface area contributed by atoms with Crippen molar-refractivity contribution in [1.29, 1.82) is 0 Å². The number of hydrogen-bond acceptors (Lipinski definition) is 2. The molecule has 0 aliphatic rings. The van der Waals surface area contributed by atoms with Crippen LogP contribution in [0.3, 0.4) is 0 Å². The van der Waals surface area contributed by atoms with E-state index in [0.29, 0.717) is 5.56 Å². The third kappa shape index (κ3) is 3.18. The third-order valence-corrected chi connectivity index (χ3v) is 1.90. The van der Waals surface area contributed by atoms with Crippen LogP contribution in [0.25, 0.3) is 0 Å². The van der Waals surface area contributed by atoms with Crippen molar-refractivity contribution in [3.63, 3.8) is 0 Å². The van der Waals surface area contributed by atoms with Gasteiger partial charge in [-0.25, -0.2) is 5.43 Å². The van der Waals surface area contributed by atoms with E-state index in [9.17, 15) is 4.79 Å². The van der Waals surface area contributed by atoms with E-state index >= 15 is 0 Å². The van der Waals surface area contributed by atoms with Crippen molar-refractivity contribution in [2.45, 2.75) is 19.4 Å². The molecule has 1 atom stereocenters. The van der Waals surface area contributed by atoms with Crippen LogP contribution in [0.1, 0.15) is 23.7 Å². The van der Waals surface area contributed by atoms with Gasteiger partial charge in [0.1, 0.15) is 0 Å². The van der Waals surface area contributed by atoms with Gasteiger partial charge in [-0.2, -0.15) is 0 Å². The minimum atomic E-state index is -0.120. The lowest BCUT2D eigenvalue weighted by molar-refractivity contribution is 0.0926. The van der Waals surface area contributed by atoms with E-state index in [1.807, 2.05) is 25.1 Å². The molecular formula is C11H15N2O. The number of hydrazine groups is 1. The molecule has 0 spiro atoms. The number of benzene rings is 1. The lowest BCUT2D eigenvalue weighted by atomic mass is 10.2. The summed E-state index contributed by atoms with van der Waals surface area (Å²) in [6.07, 6.45) is 0.731. The van der Waals surface area contributed by atoms with Gasteiger partial charge in [-0.3, -0.25) is 10.2 Å². The number of carbonyl (C=O) groups excluding carboxylic acids is 1. The summed E-state index contributed by atoms with van der Waals surface area (Å²) in [5.41, 5.74) is 6.14. The molecule has 0 aliphatic heterocycles. The Balaban J connectivity index is 2.44. The van der Waals surface area contributed by atoms with E-state index in [0.717, 1.165) is 6.42 Å². The van der Waals surface area contributed by atoms with Gasteiger partial charge in [0.05, 0.1) is 0 Å². The molecule has 0 saturated carbocycles. The van der Waals surface area contributed by atoms with E-state index in [2.05, 4.69) is 17.8 Å². The monoisotopic (exact) mass is 191 g/mol. The topological polar surface area (TPSA) is 41.1 Å². The van der Waals surface area contributed by atoms with Crippen LogP contribution < -0.4 is 10.9 Å². The molecule has 0 heterocycles. The first-order chi connectivity index (χ1) is 6.74. The average molecular weight is 191 g/mol. The SMILES string of the molecule is [CH2]C[C@@H](C)NNC(=O)c1ccccc1. The maximum absolute atomic E-state index is 11.5. The third-order valence-electron chi connectivity index (χ3n) is 1.90. The number of rotatable bonds is 4. The normalized spacial score (nSPS) is 12.1. The molecule has 1 amide bonds. The van der Waals surface area contributed by atoms with E-state index in [1.54, 1.807) is 12.1 Å². The second-order valence-corrected chi connectivity index (χ2v) is 3.15. The molecule has 0 bridgehead atoms. The molecule has 2 N–H and O–H groups in total. The molecule has 1 aromatic carbocycles. The molecule has 0 aromatic heterocycles. The molecule has 0 saturated heterocycles. The zero-order valence-corrected chi connectivity index (χ0v) is 8.29. The van der Waals surface area contributed by atoms with Crippen LogP contribution in [0.15, 0.2) is 30.3 Å². The Hall–Kier alpha value is -1.35. The lowest BCUT2D eigenvalue weighted by Gasteiger charge is -2.12. The Kier molecular flexibility index (Phi) is 4.13. The molecule has 0 fully saturated rings. The number of nitrogens with one attached hydrogen (secondary N) is 2. The summed E-state index contributed by atoms with van der Waals surface area (Å²) >= 11 is 0. The van der Waals surface area contributed by atoms with Crippen molar-refractivity contribution in [3.8, 4) is 0 Å². The highest BCUT2D eigenvalue weighted by molar-refractivity contribution is 5.93. The van der Waals surface area contributed by atoms with E-state index in [4.69, 9.17) is 0 Å². The van der Waals surface area contributed by atoms with Crippen molar-refractivity contribution in [2.75, 3.05) is 0 Å². The van der Waals surface area contributed by atoms with Crippen LogP contribution in [-0.4, -0.2) is 11.9 Å². The molecule has 0 aliphatic carbocycles. The first kappa shape index (κ1) is 10.7. The Morgan fingerprint density at radius 3 is 2.64 bits per heavy atom. The maximum Gasteiger partial charge on any atom is 0.265 e. The minimum Gasteiger partial charge on any atom is -0.287 e. The highest BCUT2D eigenvalue weighted by Gasteiger charge is 2.04. The number of hydrogen-bond donors (Lipinski definition) is 2. The Morgan fingerprint density at radius 1 is 1.43 bits per heavy atom. The Morgan fingerprint density at radius 2 is 2.07 bits per heavy atom. The predicted molar refractivity (Wildman–Crippen MR) is 56.5 cm³/mol. The number of carbonyl (C=O) groups is 1. The highest BCUT2D eigenvalue weighted by Crippen LogP contribution is 1.97. The minimum absolute atomic E-state index is 0.120. The van der Waals surface area contributed by atoms with Crippen molar-refractivity contribution < 1.29 is 4.79 Å². The zero-order valence-electron chi connectivity index (χ0n) is 8.29. The van der Waals surface area contributed by atoms with Gasteiger partial charge in [-0.1, -0.05) is 25.1 Å². The quantitative estimate of drug-likeness (QED) is 0.709. The molecule has 3 heteroatoms. The highest BCUT2D eigenvalue weighted by atomic mass is 16.2. The van der Waals surface area contributed by atoms with Gasteiger partial charge in [0.25, 0.3) is 5.91 Å². The summed E-state index contributed by atoms with van der Waals surface area (Å²) in [7, 11) is 0. The molecule has 1 aromatic rings. The van der Waals surface area contributed by atoms with Gasteiger partial charge in [-0.15, -0.1) is 0 Å². The summed E-state index contributed by atoms with van der Waals surface area (Å²) in [5.74, 6) is -0.120. The van der Waals surface area contributed by atoms with Crippen LogP contribution in [0.4, 0.5) is 0 Å². The van der Waals surface area contributed by atoms with Gasteiger partial charge in [0.15, 0.2) is 0 Å². The van der Waals surface area contributed by atoms with Gasteiger partial charge in [0, 0.05) is 11.6 Å². The van der Waals surface area contributed by atoms with E-state index < -0.39 is 0 Å². The standard InChI is InChI=1S/C11H15N2O/c1-3-9(2)12-13-11(14)10-7-5-4-6-8-10/h4-9,12H,1,3H2,2H3,(H,13,14)/t9-/m1/s1. The summed E-state index contributed by atoms with van der Waals surface area (Å²) in [5, 5.41) is 0. The fourth-order valence-corrected chi connectivity index (χ4v) is 0.923. The zero-order chi connectivity index (χ0) is 10.4. The first-order valence-electron chi connectivity index (χ1n) is 4.64. The average Bonchev–Trinajstić information content (AvgIpc) is 2.26. The van der Waals surface area contributed by atoms with Gasteiger partial charge >= 0.3 is 0 Å². The molecule has 1 rings (SSSR count). The molecule has 1 radical (unpaired) electrons. The molecule has 75 valence electrons. The van der Waals surface area contributed by atoms with Crippen molar-refractivity contribution in [1.82, 2.24) is 10.9 Å². The van der Waals surface area contributed by atoms with Gasteiger partial charge in [0.2, 0.25) is 0 Å².